The van der Waals surface area contributed by atoms with Gasteiger partial charge in [-0.15, -0.1) is 0 Å². The molecule has 0 unspecified atom stereocenters. The van der Waals surface area contributed by atoms with Crippen molar-refractivity contribution in [3.63, 3.8) is 0 Å². The van der Waals surface area contributed by atoms with Gasteiger partial charge in [0.15, 0.2) is 0 Å². The zero-order chi connectivity index (χ0) is 25.4. The molecule has 3 aromatic heterocycles. The number of hydrogen-bond acceptors (Lipinski definition) is 7. The second-order valence-electron chi connectivity index (χ2n) is 9.81. The van der Waals surface area contributed by atoms with Gasteiger partial charge >= 0.3 is 0 Å². The Balaban J connectivity index is 1.66. The maximum absolute atomic E-state index is 14.0. The van der Waals surface area contributed by atoms with E-state index in [1.54, 1.807) is 18.6 Å². The first kappa shape index (κ1) is 24.3. The standard InChI is InChI=1S/C27H30ClN7O/c1-15(2)32-27-31-13-18-10-22(26(36)35(25(18)34-27)20-7-5-19(29)6-8-20)21-9-4-17(11-23(21)28)24-14-30-12-16(3)33-24/h4,9-15,19-20H,5-8,29H2,1-3H3,(H,31,32,34)/t19-,20-. The molecule has 0 aliphatic heterocycles. The average Bonchev–Trinajstić information content (AvgIpc) is 2.84. The molecule has 9 heteroatoms. The van der Waals surface area contributed by atoms with Gasteiger partial charge in [0, 0.05) is 57.6 Å². The maximum Gasteiger partial charge on any atom is 0.260 e. The van der Waals surface area contributed by atoms with Crippen LogP contribution in [0.2, 0.25) is 5.02 Å². The molecule has 0 saturated heterocycles. The number of anilines is 1. The van der Waals surface area contributed by atoms with Gasteiger partial charge in [-0.3, -0.25) is 14.3 Å². The molecule has 1 fully saturated rings. The molecule has 3 N–H and O–H groups in total. The van der Waals surface area contributed by atoms with Crippen LogP contribution in [0.25, 0.3) is 33.4 Å². The van der Waals surface area contributed by atoms with E-state index in [2.05, 4.69) is 20.3 Å². The summed E-state index contributed by atoms with van der Waals surface area (Å²) >= 11 is 6.76. The molecule has 0 amide bonds. The van der Waals surface area contributed by atoms with Gasteiger partial charge in [0.05, 0.1) is 17.6 Å². The molecule has 0 radical (unpaired) electrons. The number of nitrogens with two attached hydrogens (primary N) is 1. The molecule has 0 spiro atoms. The predicted molar refractivity (Wildman–Crippen MR) is 144 cm³/mol. The van der Waals surface area contributed by atoms with Crippen LogP contribution in [0.3, 0.4) is 0 Å². The molecule has 36 heavy (non-hydrogen) atoms. The molecule has 8 nitrogen and oxygen atoms in total. The lowest BCUT2D eigenvalue weighted by molar-refractivity contribution is 0.323. The van der Waals surface area contributed by atoms with Crippen LogP contribution < -0.4 is 16.6 Å². The Morgan fingerprint density at radius 3 is 2.53 bits per heavy atom. The van der Waals surface area contributed by atoms with Crippen LogP contribution in [0, 0.1) is 6.92 Å². The van der Waals surface area contributed by atoms with Crippen LogP contribution in [-0.4, -0.2) is 36.6 Å². The second-order valence-corrected chi connectivity index (χ2v) is 10.2. The van der Waals surface area contributed by atoms with Crippen LogP contribution in [0.15, 0.2) is 47.7 Å². The number of halogens is 1. The molecule has 1 saturated carbocycles. The quantitative estimate of drug-likeness (QED) is 0.387. The van der Waals surface area contributed by atoms with Crippen molar-refractivity contribution in [2.45, 2.75) is 64.6 Å². The van der Waals surface area contributed by atoms with Gasteiger partial charge < -0.3 is 11.1 Å². The zero-order valence-electron chi connectivity index (χ0n) is 20.7. The first-order valence-electron chi connectivity index (χ1n) is 12.3. The van der Waals surface area contributed by atoms with Crippen LogP contribution in [-0.2, 0) is 0 Å². The number of pyridine rings is 1. The SMILES string of the molecule is Cc1cncc(-c2ccc(-c3cc4cnc(NC(C)C)nc4n([C@H]4CC[C@H](N)CC4)c3=O)c(Cl)c2)n1. The van der Waals surface area contributed by atoms with E-state index in [4.69, 9.17) is 22.3 Å². The summed E-state index contributed by atoms with van der Waals surface area (Å²) in [6.07, 6.45) is 8.58. The summed E-state index contributed by atoms with van der Waals surface area (Å²) in [7, 11) is 0. The molecule has 1 aromatic carbocycles. The molecule has 5 rings (SSSR count). The van der Waals surface area contributed by atoms with Crippen molar-refractivity contribution in [1.29, 1.82) is 0 Å². The Morgan fingerprint density at radius 1 is 1.06 bits per heavy atom. The summed E-state index contributed by atoms with van der Waals surface area (Å²) in [4.78, 5) is 32.0. The number of rotatable bonds is 5. The minimum absolute atomic E-state index is 0.0159. The number of aryl methyl sites for hydroxylation is 1. The second kappa shape index (κ2) is 9.95. The maximum atomic E-state index is 14.0. The van der Waals surface area contributed by atoms with E-state index < -0.39 is 0 Å². The highest BCUT2D eigenvalue weighted by molar-refractivity contribution is 6.33. The van der Waals surface area contributed by atoms with E-state index in [1.807, 2.05) is 49.6 Å². The van der Waals surface area contributed by atoms with E-state index in [-0.39, 0.29) is 23.7 Å². The fourth-order valence-electron chi connectivity index (χ4n) is 4.83. The number of fused-ring (bicyclic) bond motifs is 1. The van der Waals surface area contributed by atoms with E-state index >= 15 is 0 Å². The van der Waals surface area contributed by atoms with Crippen LogP contribution in [0.4, 0.5) is 5.95 Å². The van der Waals surface area contributed by atoms with Crippen LogP contribution in [0.5, 0.6) is 0 Å². The van der Waals surface area contributed by atoms with Gasteiger partial charge in [-0.2, -0.15) is 4.98 Å². The normalized spacial score (nSPS) is 18.1. The molecule has 186 valence electrons. The Hall–Kier alpha value is -3.36. The minimum atomic E-state index is -0.109. The molecule has 0 atom stereocenters. The first-order chi connectivity index (χ1) is 17.3. The summed E-state index contributed by atoms with van der Waals surface area (Å²) in [6, 6.07) is 7.83. The lowest BCUT2D eigenvalue weighted by atomic mass is 9.91. The largest absolute Gasteiger partial charge is 0.352 e. The van der Waals surface area contributed by atoms with E-state index in [9.17, 15) is 4.79 Å². The van der Waals surface area contributed by atoms with Crippen molar-refractivity contribution < 1.29 is 0 Å². The number of benzene rings is 1. The average molecular weight is 504 g/mol. The van der Waals surface area contributed by atoms with E-state index in [0.29, 0.717) is 27.7 Å². The molecule has 1 aliphatic rings. The fraction of sp³-hybridized carbons (Fsp3) is 0.370. The number of nitrogens with one attached hydrogen (secondary N) is 1. The number of nitrogens with zero attached hydrogens (tertiary/aromatic N) is 5. The molecule has 4 aromatic rings. The minimum Gasteiger partial charge on any atom is -0.352 e. The van der Waals surface area contributed by atoms with Crippen molar-refractivity contribution >= 4 is 28.6 Å². The van der Waals surface area contributed by atoms with Gasteiger partial charge in [0.25, 0.3) is 5.56 Å². The van der Waals surface area contributed by atoms with Gasteiger partial charge in [-0.25, -0.2) is 9.97 Å². The topological polar surface area (TPSA) is 112 Å². The highest BCUT2D eigenvalue weighted by Gasteiger charge is 2.25. The summed E-state index contributed by atoms with van der Waals surface area (Å²) in [5.41, 5.74) is 10.3. The highest BCUT2D eigenvalue weighted by atomic mass is 35.5. The van der Waals surface area contributed by atoms with Crippen molar-refractivity contribution in [3.05, 3.63) is 63.9 Å². The Kier molecular flexibility index (Phi) is 6.73. The van der Waals surface area contributed by atoms with Crippen LogP contribution >= 0.6 is 11.6 Å². The lowest BCUT2D eigenvalue weighted by Gasteiger charge is -2.29. The third-order valence-electron chi connectivity index (χ3n) is 6.61. The Bertz CT molecular complexity index is 1480. The Labute approximate surface area is 215 Å². The van der Waals surface area contributed by atoms with Crippen molar-refractivity contribution in [2.75, 3.05) is 5.32 Å². The lowest BCUT2D eigenvalue weighted by Crippen LogP contribution is -2.33. The van der Waals surface area contributed by atoms with Crippen molar-refractivity contribution in [1.82, 2.24) is 24.5 Å². The smallest absolute Gasteiger partial charge is 0.260 e. The monoisotopic (exact) mass is 503 g/mol. The van der Waals surface area contributed by atoms with Gasteiger partial charge in [0.2, 0.25) is 5.95 Å². The third-order valence-corrected chi connectivity index (χ3v) is 6.92. The Morgan fingerprint density at radius 2 is 1.83 bits per heavy atom. The number of aromatic nitrogens is 5. The summed E-state index contributed by atoms with van der Waals surface area (Å²) < 4.78 is 1.83. The third kappa shape index (κ3) is 4.83. The zero-order valence-corrected chi connectivity index (χ0v) is 21.5. The summed E-state index contributed by atoms with van der Waals surface area (Å²) in [5.74, 6) is 0.507. The molecular formula is C27H30ClN7O. The van der Waals surface area contributed by atoms with E-state index in [0.717, 1.165) is 48.0 Å². The van der Waals surface area contributed by atoms with Gasteiger partial charge in [-0.1, -0.05) is 23.7 Å². The summed E-state index contributed by atoms with van der Waals surface area (Å²) in [5, 5.41) is 4.51. The van der Waals surface area contributed by atoms with Crippen molar-refractivity contribution in [2.24, 2.45) is 5.73 Å². The van der Waals surface area contributed by atoms with E-state index in [1.165, 1.54) is 0 Å². The first-order valence-corrected chi connectivity index (χ1v) is 12.7. The number of hydrogen-bond donors (Lipinski definition) is 2. The molecule has 1 aliphatic carbocycles. The van der Waals surface area contributed by atoms with Gasteiger partial charge in [-0.05, 0) is 58.6 Å². The van der Waals surface area contributed by atoms with Gasteiger partial charge in [0.1, 0.15) is 5.65 Å². The summed E-state index contributed by atoms with van der Waals surface area (Å²) in [6.45, 7) is 5.95. The predicted octanol–water partition coefficient (Wildman–Crippen LogP) is 5.14. The molecule has 3 heterocycles. The highest BCUT2D eigenvalue weighted by Crippen LogP contribution is 2.34. The molecular weight excluding hydrogens is 474 g/mol. The molecule has 0 bridgehead atoms. The fourth-order valence-corrected chi connectivity index (χ4v) is 5.12. The van der Waals surface area contributed by atoms with Crippen LogP contribution in [0.1, 0.15) is 51.3 Å². The van der Waals surface area contributed by atoms with Crippen molar-refractivity contribution in [3.8, 4) is 22.4 Å².